The summed E-state index contributed by atoms with van der Waals surface area (Å²) in [6.07, 6.45) is 7.38. The minimum absolute atomic E-state index is 0.415. The number of pyridine rings is 1. The van der Waals surface area contributed by atoms with E-state index in [1.54, 1.807) is 0 Å². The van der Waals surface area contributed by atoms with Crippen molar-refractivity contribution in [2.75, 3.05) is 0 Å². The first kappa shape index (κ1) is 16.4. The molecule has 0 bridgehead atoms. The minimum atomic E-state index is 0.415. The summed E-state index contributed by atoms with van der Waals surface area (Å²) >= 11 is 0. The van der Waals surface area contributed by atoms with Crippen LogP contribution in [0.3, 0.4) is 0 Å². The van der Waals surface area contributed by atoms with Gasteiger partial charge in [0.25, 0.3) is 0 Å². The smallest absolute Gasteiger partial charge is 0.0306 e. The maximum atomic E-state index is 4.34. The van der Waals surface area contributed by atoms with Crippen LogP contribution < -0.4 is 0 Å². The van der Waals surface area contributed by atoms with Crippen molar-refractivity contribution < 1.29 is 0 Å². The van der Waals surface area contributed by atoms with Gasteiger partial charge >= 0.3 is 0 Å². The Kier molecular flexibility index (Phi) is 5.79. The molecule has 0 saturated carbocycles. The SMILES string of the molecule is CCC(CCC(c1ccccc1)c1cccnc1)c1ccccc1. The number of hydrogen-bond donors (Lipinski definition) is 0. The van der Waals surface area contributed by atoms with E-state index in [0.717, 1.165) is 6.42 Å². The van der Waals surface area contributed by atoms with Crippen molar-refractivity contribution in [3.63, 3.8) is 0 Å². The zero-order chi connectivity index (χ0) is 16.6. The third kappa shape index (κ3) is 4.11. The van der Waals surface area contributed by atoms with Gasteiger partial charge in [-0.25, -0.2) is 0 Å². The van der Waals surface area contributed by atoms with Crippen LogP contribution in [-0.4, -0.2) is 4.98 Å². The molecule has 0 saturated heterocycles. The summed E-state index contributed by atoms with van der Waals surface area (Å²) in [5.41, 5.74) is 4.15. The van der Waals surface area contributed by atoms with Crippen molar-refractivity contribution >= 4 is 0 Å². The lowest BCUT2D eigenvalue weighted by Gasteiger charge is -2.21. The predicted octanol–water partition coefficient (Wildman–Crippen LogP) is 6.19. The van der Waals surface area contributed by atoms with E-state index in [1.807, 2.05) is 18.5 Å². The van der Waals surface area contributed by atoms with Crippen molar-refractivity contribution in [3.05, 3.63) is 102 Å². The summed E-state index contributed by atoms with van der Waals surface area (Å²) in [7, 11) is 0. The molecule has 1 aromatic heterocycles. The van der Waals surface area contributed by atoms with Crippen molar-refractivity contribution in [2.24, 2.45) is 0 Å². The molecular formula is C23H25N. The van der Waals surface area contributed by atoms with E-state index in [2.05, 4.69) is 78.6 Å². The number of hydrogen-bond acceptors (Lipinski definition) is 1. The molecule has 2 aromatic carbocycles. The molecule has 2 atom stereocenters. The lowest BCUT2D eigenvalue weighted by atomic mass is 9.83. The molecule has 122 valence electrons. The van der Waals surface area contributed by atoms with E-state index in [-0.39, 0.29) is 0 Å². The number of aromatic nitrogens is 1. The lowest BCUT2D eigenvalue weighted by molar-refractivity contribution is 0.547. The molecule has 0 spiro atoms. The van der Waals surface area contributed by atoms with E-state index in [0.29, 0.717) is 11.8 Å². The van der Waals surface area contributed by atoms with Gasteiger partial charge in [-0.15, -0.1) is 0 Å². The highest BCUT2D eigenvalue weighted by Crippen LogP contribution is 2.33. The first-order valence-corrected chi connectivity index (χ1v) is 8.88. The number of benzene rings is 2. The van der Waals surface area contributed by atoms with Crippen molar-refractivity contribution in [2.45, 2.75) is 38.0 Å². The Bertz CT molecular complexity index is 667. The normalized spacial score (nSPS) is 13.4. The first-order valence-electron chi connectivity index (χ1n) is 8.88. The Morgan fingerprint density at radius 1 is 0.708 bits per heavy atom. The monoisotopic (exact) mass is 315 g/mol. The van der Waals surface area contributed by atoms with Gasteiger partial charge in [0.15, 0.2) is 0 Å². The number of nitrogens with zero attached hydrogens (tertiary/aromatic N) is 1. The quantitative estimate of drug-likeness (QED) is 0.507. The highest BCUT2D eigenvalue weighted by atomic mass is 14.6. The molecule has 1 heterocycles. The molecule has 1 heteroatoms. The summed E-state index contributed by atoms with van der Waals surface area (Å²) in [4.78, 5) is 4.34. The van der Waals surface area contributed by atoms with E-state index in [1.165, 1.54) is 29.5 Å². The van der Waals surface area contributed by atoms with Crippen LogP contribution in [0.15, 0.2) is 85.2 Å². The molecule has 0 aliphatic heterocycles. The molecule has 0 fully saturated rings. The lowest BCUT2D eigenvalue weighted by Crippen LogP contribution is -2.05. The van der Waals surface area contributed by atoms with Gasteiger partial charge in [0.1, 0.15) is 0 Å². The number of rotatable bonds is 7. The standard InChI is InChI=1S/C23H25N/c1-2-19(20-10-5-3-6-11-20)15-16-23(21-12-7-4-8-13-21)22-14-9-17-24-18-22/h3-14,17-19,23H,2,15-16H2,1H3. The third-order valence-corrected chi connectivity index (χ3v) is 4.86. The second-order valence-corrected chi connectivity index (χ2v) is 6.34. The maximum Gasteiger partial charge on any atom is 0.0306 e. The summed E-state index contributed by atoms with van der Waals surface area (Å²) < 4.78 is 0. The van der Waals surface area contributed by atoms with Crippen LogP contribution in [0.4, 0.5) is 0 Å². The van der Waals surface area contributed by atoms with E-state index < -0.39 is 0 Å². The van der Waals surface area contributed by atoms with Crippen LogP contribution in [0.25, 0.3) is 0 Å². The van der Waals surface area contributed by atoms with Gasteiger partial charge in [-0.3, -0.25) is 4.98 Å². The minimum Gasteiger partial charge on any atom is -0.264 e. The van der Waals surface area contributed by atoms with Gasteiger partial charge in [0.2, 0.25) is 0 Å². The average molecular weight is 315 g/mol. The fraction of sp³-hybridized carbons (Fsp3) is 0.261. The molecule has 2 unspecified atom stereocenters. The predicted molar refractivity (Wildman–Crippen MR) is 101 cm³/mol. The Morgan fingerprint density at radius 2 is 1.33 bits per heavy atom. The Labute approximate surface area is 145 Å². The molecule has 0 N–H and O–H groups in total. The highest BCUT2D eigenvalue weighted by molar-refractivity contribution is 5.31. The molecule has 0 aliphatic carbocycles. The summed E-state index contributed by atoms with van der Waals surface area (Å²) in [6.45, 7) is 2.29. The molecule has 0 aliphatic rings. The first-order chi connectivity index (χ1) is 11.9. The molecule has 1 nitrogen and oxygen atoms in total. The van der Waals surface area contributed by atoms with Crippen molar-refractivity contribution in [1.82, 2.24) is 4.98 Å². The van der Waals surface area contributed by atoms with Crippen LogP contribution in [-0.2, 0) is 0 Å². The Morgan fingerprint density at radius 3 is 1.92 bits per heavy atom. The molecule has 24 heavy (non-hydrogen) atoms. The van der Waals surface area contributed by atoms with Gasteiger partial charge in [-0.05, 0) is 47.9 Å². The third-order valence-electron chi connectivity index (χ3n) is 4.86. The Hall–Kier alpha value is -2.41. The molecule has 0 radical (unpaired) electrons. The Balaban J connectivity index is 1.80. The van der Waals surface area contributed by atoms with Gasteiger partial charge in [0, 0.05) is 18.3 Å². The zero-order valence-corrected chi connectivity index (χ0v) is 14.3. The van der Waals surface area contributed by atoms with E-state index in [9.17, 15) is 0 Å². The van der Waals surface area contributed by atoms with Gasteiger partial charge in [-0.1, -0.05) is 73.7 Å². The van der Waals surface area contributed by atoms with Gasteiger partial charge < -0.3 is 0 Å². The van der Waals surface area contributed by atoms with Gasteiger partial charge in [-0.2, -0.15) is 0 Å². The van der Waals surface area contributed by atoms with Crippen LogP contribution >= 0.6 is 0 Å². The van der Waals surface area contributed by atoms with Crippen LogP contribution in [0.5, 0.6) is 0 Å². The second kappa shape index (κ2) is 8.44. The van der Waals surface area contributed by atoms with Crippen LogP contribution in [0.2, 0.25) is 0 Å². The summed E-state index contributed by atoms with van der Waals surface area (Å²) in [6, 6.07) is 26.0. The van der Waals surface area contributed by atoms with Crippen LogP contribution in [0.1, 0.15) is 54.7 Å². The fourth-order valence-corrected chi connectivity index (χ4v) is 3.49. The highest BCUT2D eigenvalue weighted by Gasteiger charge is 2.17. The fourth-order valence-electron chi connectivity index (χ4n) is 3.49. The molecule has 3 aromatic rings. The largest absolute Gasteiger partial charge is 0.264 e. The van der Waals surface area contributed by atoms with Crippen molar-refractivity contribution in [3.8, 4) is 0 Å². The van der Waals surface area contributed by atoms with E-state index >= 15 is 0 Å². The average Bonchev–Trinajstić information content (AvgIpc) is 2.67. The summed E-state index contributed by atoms with van der Waals surface area (Å²) in [5.74, 6) is 1.03. The van der Waals surface area contributed by atoms with Crippen molar-refractivity contribution in [1.29, 1.82) is 0 Å². The topological polar surface area (TPSA) is 12.9 Å². The zero-order valence-electron chi connectivity index (χ0n) is 14.3. The maximum absolute atomic E-state index is 4.34. The van der Waals surface area contributed by atoms with Crippen LogP contribution in [0, 0.1) is 0 Å². The molecule has 0 amide bonds. The molecule has 3 rings (SSSR count). The van der Waals surface area contributed by atoms with E-state index in [4.69, 9.17) is 0 Å². The molecular weight excluding hydrogens is 290 g/mol. The summed E-state index contributed by atoms with van der Waals surface area (Å²) in [5, 5.41) is 0. The van der Waals surface area contributed by atoms with Gasteiger partial charge in [0.05, 0.1) is 0 Å². The second-order valence-electron chi connectivity index (χ2n) is 6.34.